The Hall–Kier alpha value is -3.67. The molecule has 1 saturated carbocycles. The first-order valence-electron chi connectivity index (χ1n) is 14.7. The minimum absolute atomic E-state index is 0.0281. The number of aliphatic carboxylic acids is 2. The number of carboxylic acids is 2. The molecule has 7 N–H and O–H groups in total. The standard InChI is InChI=1S/C32H40Cl2N4O7/c1-31(2)20(14-15-32(31,3)30(45)38-23(28(41)42)9-4-5-16-35)26(39)37-24(29(43)44)17-18-10-12-19(13-11-18)36-27(40)25-21(33)7-6-8-22(25)34/h6-8,10-13,20,23-24H,4-5,9,14-17,35H2,1-3H3,(H,36,40)(H,37,39)(H,38,45)(H,41,42)(H,43,44)/t20-,23-,24+,32+/m1/s1. The summed E-state index contributed by atoms with van der Waals surface area (Å²) in [7, 11) is 0. The van der Waals surface area contributed by atoms with Gasteiger partial charge in [-0.1, -0.05) is 62.2 Å². The summed E-state index contributed by atoms with van der Waals surface area (Å²) < 4.78 is 0. The maximum Gasteiger partial charge on any atom is 0.326 e. The molecule has 1 aliphatic carbocycles. The van der Waals surface area contributed by atoms with E-state index in [1.165, 1.54) is 0 Å². The maximum atomic E-state index is 13.5. The summed E-state index contributed by atoms with van der Waals surface area (Å²) in [4.78, 5) is 63.5. The van der Waals surface area contributed by atoms with Crippen molar-refractivity contribution < 1.29 is 34.2 Å². The van der Waals surface area contributed by atoms with Gasteiger partial charge >= 0.3 is 11.9 Å². The lowest BCUT2D eigenvalue weighted by Crippen LogP contribution is -2.54. The fourth-order valence-electron chi connectivity index (χ4n) is 5.77. The van der Waals surface area contributed by atoms with Crippen LogP contribution in [-0.4, -0.2) is 58.5 Å². The number of nitrogens with two attached hydrogens (primary N) is 1. The Morgan fingerprint density at radius 2 is 1.51 bits per heavy atom. The van der Waals surface area contributed by atoms with Crippen molar-refractivity contribution in [1.29, 1.82) is 0 Å². The highest BCUT2D eigenvalue weighted by Gasteiger charge is 2.58. The molecule has 0 aromatic heterocycles. The summed E-state index contributed by atoms with van der Waals surface area (Å²) in [6.07, 6.45) is 2.04. The van der Waals surface area contributed by atoms with Crippen LogP contribution >= 0.6 is 23.2 Å². The molecule has 0 saturated heterocycles. The van der Waals surface area contributed by atoms with Gasteiger partial charge < -0.3 is 31.9 Å². The van der Waals surface area contributed by atoms with Gasteiger partial charge in [0.2, 0.25) is 11.8 Å². The van der Waals surface area contributed by atoms with E-state index in [1.807, 2.05) is 0 Å². The van der Waals surface area contributed by atoms with Gasteiger partial charge in [-0.25, -0.2) is 9.59 Å². The molecular formula is C32H40Cl2N4O7. The molecule has 0 unspecified atom stereocenters. The van der Waals surface area contributed by atoms with Gasteiger partial charge in [-0.05, 0) is 73.9 Å². The molecule has 2 aromatic carbocycles. The van der Waals surface area contributed by atoms with E-state index in [0.717, 1.165) is 0 Å². The quantitative estimate of drug-likeness (QED) is 0.159. The fourth-order valence-corrected chi connectivity index (χ4v) is 6.34. The van der Waals surface area contributed by atoms with E-state index >= 15 is 0 Å². The lowest BCUT2D eigenvalue weighted by Gasteiger charge is -2.40. The van der Waals surface area contributed by atoms with Gasteiger partial charge in [0.25, 0.3) is 5.91 Å². The van der Waals surface area contributed by atoms with E-state index in [4.69, 9.17) is 28.9 Å². The number of carbonyl (C=O) groups is 5. The van der Waals surface area contributed by atoms with E-state index < -0.39 is 58.5 Å². The van der Waals surface area contributed by atoms with Crippen molar-refractivity contribution in [2.24, 2.45) is 22.5 Å². The molecule has 4 atom stereocenters. The van der Waals surface area contributed by atoms with Crippen molar-refractivity contribution in [3.63, 3.8) is 0 Å². The number of amides is 3. The molecule has 3 amide bonds. The van der Waals surface area contributed by atoms with Crippen LogP contribution in [0, 0.1) is 16.7 Å². The summed E-state index contributed by atoms with van der Waals surface area (Å²) >= 11 is 12.2. The van der Waals surface area contributed by atoms with Gasteiger partial charge in [-0.2, -0.15) is 0 Å². The number of carboxylic acid groups (broad SMARTS) is 2. The number of hydrogen-bond donors (Lipinski definition) is 6. The molecule has 11 nitrogen and oxygen atoms in total. The molecule has 0 radical (unpaired) electrons. The van der Waals surface area contributed by atoms with Crippen molar-refractivity contribution in [1.82, 2.24) is 10.6 Å². The van der Waals surface area contributed by atoms with Crippen LogP contribution in [0.4, 0.5) is 5.69 Å². The van der Waals surface area contributed by atoms with Crippen LogP contribution in [0.5, 0.6) is 0 Å². The topological polar surface area (TPSA) is 188 Å². The zero-order valence-corrected chi connectivity index (χ0v) is 27.0. The molecule has 2 aromatic rings. The zero-order chi connectivity index (χ0) is 33.5. The number of anilines is 1. The first-order valence-corrected chi connectivity index (χ1v) is 15.5. The fraction of sp³-hybridized carbons (Fsp3) is 0.469. The molecule has 1 aliphatic rings. The second-order valence-corrected chi connectivity index (χ2v) is 13.0. The van der Waals surface area contributed by atoms with Crippen LogP contribution in [0.25, 0.3) is 0 Å². The third kappa shape index (κ3) is 8.33. The van der Waals surface area contributed by atoms with Gasteiger partial charge in [0.1, 0.15) is 12.1 Å². The first-order chi connectivity index (χ1) is 21.1. The van der Waals surface area contributed by atoms with Crippen LogP contribution in [0.2, 0.25) is 10.0 Å². The third-order valence-electron chi connectivity index (χ3n) is 9.05. The van der Waals surface area contributed by atoms with Gasteiger partial charge in [0.15, 0.2) is 0 Å². The Bertz CT molecular complexity index is 1410. The number of benzene rings is 2. The van der Waals surface area contributed by atoms with Gasteiger partial charge in [0, 0.05) is 18.0 Å². The van der Waals surface area contributed by atoms with E-state index in [-0.39, 0.29) is 28.5 Å². The maximum absolute atomic E-state index is 13.5. The van der Waals surface area contributed by atoms with Crippen molar-refractivity contribution in [2.45, 2.75) is 71.4 Å². The molecule has 1 fully saturated rings. The van der Waals surface area contributed by atoms with E-state index in [2.05, 4.69) is 16.0 Å². The highest BCUT2D eigenvalue weighted by molar-refractivity contribution is 6.40. The number of carbonyl (C=O) groups excluding carboxylic acids is 3. The summed E-state index contributed by atoms with van der Waals surface area (Å²) in [5.41, 5.74) is 4.70. The molecule has 0 spiro atoms. The minimum atomic E-state index is -1.25. The summed E-state index contributed by atoms with van der Waals surface area (Å²) in [5, 5.41) is 27.9. The van der Waals surface area contributed by atoms with Crippen LogP contribution < -0.4 is 21.7 Å². The largest absolute Gasteiger partial charge is 0.480 e. The SMILES string of the molecule is CC1(C)[C@@H](C(=O)N[C@@H](Cc2ccc(NC(=O)c3c(Cl)cccc3Cl)cc2)C(=O)O)CC[C@@]1(C)C(=O)N[C@H](CCCCN)C(=O)O. The molecule has 0 aliphatic heterocycles. The van der Waals surface area contributed by atoms with E-state index in [1.54, 1.807) is 63.2 Å². The predicted octanol–water partition coefficient (Wildman–Crippen LogP) is 4.50. The Balaban J connectivity index is 1.66. The lowest BCUT2D eigenvalue weighted by molar-refractivity contribution is -0.147. The van der Waals surface area contributed by atoms with Crippen LogP contribution in [0.15, 0.2) is 42.5 Å². The average Bonchev–Trinajstić information content (AvgIpc) is 3.21. The number of nitrogens with one attached hydrogen (secondary N) is 3. The average molecular weight is 664 g/mol. The molecule has 0 heterocycles. The van der Waals surface area contributed by atoms with E-state index in [0.29, 0.717) is 43.5 Å². The second kappa shape index (κ2) is 15.1. The highest BCUT2D eigenvalue weighted by atomic mass is 35.5. The van der Waals surface area contributed by atoms with Crippen molar-refractivity contribution in [2.75, 3.05) is 11.9 Å². The Morgan fingerprint density at radius 1 is 0.911 bits per heavy atom. The van der Waals surface area contributed by atoms with E-state index in [9.17, 15) is 34.2 Å². The zero-order valence-electron chi connectivity index (χ0n) is 25.5. The summed E-state index contributed by atoms with van der Waals surface area (Å²) in [6, 6.07) is 8.87. The van der Waals surface area contributed by atoms with Crippen molar-refractivity contribution in [3.05, 3.63) is 63.6 Å². The Kier molecular flexibility index (Phi) is 12.0. The normalized spacial score (nSPS) is 20.1. The minimum Gasteiger partial charge on any atom is -0.480 e. The third-order valence-corrected chi connectivity index (χ3v) is 9.68. The molecule has 13 heteroatoms. The molecule has 45 heavy (non-hydrogen) atoms. The number of unbranched alkanes of at least 4 members (excludes halogenated alkanes) is 1. The van der Waals surface area contributed by atoms with Crippen molar-refractivity contribution in [3.8, 4) is 0 Å². The monoisotopic (exact) mass is 662 g/mol. The van der Waals surface area contributed by atoms with Crippen molar-refractivity contribution >= 4 is 58.5 Å². The Morgan fingerprint density at radius 3 is 2.07 bits per heavy atom. The van der Waals surface area contributed by atoms with Crippen LogP contribution in [-0.2, 0) is 25.6 Å². The molecule has 3 rings (SSSR count). The molecule has 244 valence electrons. The first kappa shape index (κ1) is 35.8. The summed E-state index contributed by atoms with van der Waals surface area (Å²) in [6.45, 7) is 5.67. The number of halogens is 2. The molecule has 0 bridgehead atoms. The number of rotatable bonds is 14. The van der Waals surface area contributed by atoms with Crippen LogP contribution in [0.3, 0.4) is 0 Å². The number of hydrogen-bond acceptors (Lipinski definition) is 6. The highest BCUT2D eigenvalue weighted by Crippen LogP contribution is 2.56. The van der Waals surface area contributed by atoms with Crippen LogP contribution in [0.1, 0.15) is 68.8 Å². The van der Waals surface area contributed by atoms with Gasteiger partial charge in [0.05, 0.1) is 21.0 Å². The van der Waals surface area contributed by atoms with Gasteiger partial charge in [-0.3, -0.25) is 14.4 Å². The van der Waals surface area contributed by atoms with Gasteiger partial charge in [-0.15, -0.1) is 0 Å². The summed E-state index contributed by atoms with van der Waals surface area (Å²) in [5.74, 6) is -4.52. The lowest BCUT2D eigenvalue weighted by atomic mass is 9.65. The molecular weight excluding hydrogens is 623 g/mol. The predicted molar refractivity (Wildman–Crippen MR) is 171 cm³/mol. The second-order valence-electron chi connectivity index (χ2n) is 12.1. The Labute approximate surface area is 272 Å². The smallest absolute Gasteiger partial charge is 0.326 e.